The van der Waals surface area contributed by atoms with Crippen molar-refractivity contribution in [3.05, 3.63) is 101 Å². The normalized spacial score (nSPS) is 15.0. The Bertz CT molecular complexity index is 1390. The van der Waals surface area contributed by atoms with Crippen LogP contribution >= 0.6 is 0 Å². The van der Waals surface area contributed by atoms with Gasteiger partial charge >= 0.3 is 0 Å². The first-order valence-corrected chi connectivity index (χ1v) is 12.0. The van der Waals surface area contributed by atoms with Gasteiger partial charge in [0.15, 0.2) is 0 Å². The first-order valence-electron chi connectivity index (χ1n) is 12.0. The SMILES string of the molecule is Cc1ccc(OCC(C)N)cc1C(=O)NC1(c2cc(-c3ccc(F)cc3)cc3ccccc23)CC1. The molecule has 4 aromatic carbocycles. The Labute approximate surface area is 204 Å². The van der Waals surface area contributed by atoms with Crippen molar-refractivity contribution in [2.75, 3.05) is 6.61 Å². The van der Waals surface area contributed by atoms with Crippen LogP contribution < -0.4 is 15.8 Å². The predicted octanol–water partition coefficient (Wildman–Crippen LogP) is 6.10. The zero-order valence-corrected chi connectivity index (χ0v) is 20.0. The highest BCUT2D eigenvalue weighted by Crippen LogP contribution is 2.49. The fraction of sp³-hybridized carbons (Fsp3) is 0.233. The standard InChI is InChI=1S/C30H29FN2O2/c1-19-7-12-25(35-18-20(2)32)17-27(19)29(34)33-30(13-14-30)28-16-23(21-8-10-24(31)11-9-21)15-22-5-3-4-6-26(22)28/h3-12,15-17,20H,13-14,18,32H2,1-2H3,(H,33,34). The first kappa shape index (κ1) is 23.1. The first-order chi connectivity index (χ1) is 16.8. The number of carbonyl (C=O) groups is 1. The predicted molar refractivity (Wildman–Crippen MR) is 138 cm³/mol. The van der Waals surface area contributed by atoms with Gasteiger partial charge in [0.1, 0.15) is 18.2 Å². The number of fused-ring (bicyclic) bond motifs is 1. The Balaban J connectivity index is 1.50. The van der Waals surface area contributed by atoms with E-state index < -0.39 is 5.54 Å². The maximum atomic E-state index is 13.5. The van der Waals surface area contributed by atoms with Crippen LogP contribution in [-0.2, 0) is 5.54 Å². The molecular formula is C30H29FN2O2. The van der Waals surface area contributed by atoms with Crippen LogP contribution in [0.4, 0.5) is 4.39 Å². The zero-order chi connectivity index (χ0) is 24.6. The largest absolute Gasteiger partial charge is 0.492 e. The van der Waals surface area contributed by atoms with E-state index in [-0.39, 0.29) is 17.8 Å². The third kappa shape index (κ3) is 4.77. The quantitative estimate of drug-likeness (QED) is 0.344. The molecule has 0 heterocycles. The second kappa shape index (κ2) is 9.16. The molecule has 1 fully saturated rings. The van der Waals surface area contributed by atoms with Crippen LogP contribution in [0.2, 0.25) is 0 Å². The molecule has 5 heteroatoms. The minimum atomic E-state index is -0.443. The van der Waals surface area contributed by atoms with Crippen molar-refractivity contribution >= 4 is 16.7 Å². The van der Waals surface area contributed by atoms with E-state index in [1.807, 2.05) is 38.1 Å². The summed E-state index contributed by atoms with van der Waals surface area (Å²) in [5.41, 5.74) is 9.88. The molecule has 1 aliphatic rings. The molecule has 1 aliphatic carbocycles. The lowest BCUT2D eigenvalue weighted by Crippen LogP contribution is -2.35. The van der Waals surface area contributed by atoms with Crippen LogP contribution in [0.5, 0.6) is 5.75 Å². The van der Waals surface area contributed by atoms with Crippen LogP contribution in [0, 0.1) is 12.7 Å². The number of aryl methyl sites for hydroxylation is 1. The number of ether oxygens (including phenoxy) is 1. The van der Waals surface area contributed by atoms with Crippen molar-refractivity contribution in [1.29, 1.82) is 0 Å². The Morgan fingerprint density at radius 3 is 2.49 bits per heavy atom. The summed E-state index contributed by atoms with van der Waals surface area (Å²) in [6.45, 7) is 4.19. The molecule has 1 atom stereocenters. The topological polar surface area (TPSA) is 64.3 Å². The molecule has 4 nitrogen and oxygen atoms in total. The van der Waals surface area contributed by atoms with Crippen molar-refractivity contribution in [2.24, 2.45) is 5.73 Å². The number of nitrogens with one attached hydrogen (secondary N) is 1. The van der Waals surface area contributed by atoms with Gasteiger partial charge < -0.3 is 15.8 Å². The van der Waals surface area contributed by atoms with Crippen LogP contribution in [0.15, 0.2) is 78.9 Å². The molecule has 0 aromatic heterocycles. The van der Waals surface area contributed by atoms with Gasteiger partial charge in [-0.05, 0) is 96.1 Å². The molecular weight excluding hydrogens is 439 g/mol. The van der Waals surface area contributed by atoms with Crippen molar-refractivity contribution in [2.45, 2.75) is 38.3 Å². The number of carbonyl (C=O) groups excluding carboxylic acids is 1. The Kier molecular flexibility index (Phi) is 6.03. The molecule has 35 heavy (non-hydrogen) atoms. The summed E-state index contributed by atoms with van der Waals surface area (Å²) >= 11 is 0. The third-order valence-corrected chi connectivity index (χ3v) is 6.62. The Morgan fingerprint density at radius 2 is 1.77 bits per heavy atom. The molecule has 3 N–H and O–H groups in total. The summed E-state index contributed by atoms with van der Waals surface area (Å²) in [5, 5.41) is 5.54. The highest BCUT2D eigenvalue weighted by molar-refractivity contribution is 5.98. The van der Waals surface area contributed by atoms with Crippen molar-refractivity contribution in [1.82, 2.24) is 5.32 Å². The van der Waals surface area contributed by atoms with Crippen LogP contribution in [0.3, 0.4) is 0 Å². The lowest BCUT2D eigenvalue weighted by Gasteiger charge is -2.22. The molecule has 0 bridgehead atoms. The third-order valence-electron chi connectivity index (χ3n) is 6.62. The van der Waals surface area contributed by atoms with E-state index in [1.165, 1.54) is 12.1 Å². The molecule has 1 unspecified atom stereocenters. The van der Waals surface area contributed by atoms with Gasteiger partial charge in [0, 0.05) is 11.6 Å². The van der Waals surface area contributed by atoms with Gasteiger partial charge in [0.25, 0.3) is 5.91 Å². The van der Waals surface area contributed by atoms with Crippen LogP contribution in [0.25, 0.3) is 21.9 Å². The minimum Gasteiger partial charge on any atom is -0.492 e. The number of halogens is 1. The molecule has 178 valence electrons. The van der Waals surface area contributed by atoms with E-state index in [2.05, 4.69) is 29.6 Å². The maximum Gasteiger partial charge on any atom is 0.252 e. The molecule has 1 amide bonds. The number of hydrogen-bond donors (Lipinski definition) is 2. The molecule has 1 saturated carbocycles. The van der Waals surface area contributed by atoms with Gasteiger partial charge in [-0.3, -0.25) is 4.79 Å². The lowest BCUT2D eigenvalue weighted by atomic mass is 9.91. The lowest BCUT2D eigenvalue weighted by molar-refractivity contribution is 0.0930. The van der Waals surface area contributed by atoms with Gasteiger partial charge in [-0.25, -0.2) is 4.39 Å². The summed E-state index contributed by atoms with van der Waals surface area (Å²) in [4.78, 5) is 13.5. The molecule has 0 aliphatic heterocycles. The monoisotopic (exact) mass is 468 g/mol. The maximum absolute atomic E-state index is 13.5. The molecule has 0 radical (unpaired) electrons. The van der Waals surface area contributed by atoms with Gasteiger partial charge in [0.2, 0.25) is 0 Å². The Hall–Kier alpha value is -3.70. The smallest absolute Gasteiger partial charge is 0.252 e. The second-order valence-corrected chi connectivity index (χ2v) is 9.55. The molecule has 0 spiro atoms. The average molecular weight is 469 g/mol. The Morgan fingerprint density at radius 1 is 1.03 bits per heavy atom. The van der Waals surface area contributed by atoms with E-state index in [1.54, 1.807) is 18.2 Å². The van der Waals surface area contributed by atoms with E-state index in [0.717, 1.165) is 45.9 Å². The number of benzene rings is 4. The van der Waals surface area contributed by atoms with E-state index in [4.69, 9.17) is 10.5 Å². The van der Waals surface area contributed by atoms with E-state index in [9.17, 15) is 9.18 Å². The van der Waals surface area contributed by atoms with E-state index in [0.29, 0.717) is 17.9 Å². The second-order valence-electron chi connectivity index (χ2n) is 9.55. The van der Waals surface area contributed by atoms with Crippen LogP contribution in [-0.4, -0.2) is 18.6 Å². The van der Waals surface area contributed by atoms with Crippen molar-refractivity contribution in [3.8, 4) is 16.9 Å². The zero-order valence-electron chi connectivity index (χ0n) is 20.0. The number of hydrogen-bond acceptors (Lipinski definition) is 3. The van der Waals surface area contributed by atoms with Gasteiger partial charge in [-0.1, -0.05) is 42.5 Å². The van der Waals surface area contributed by atoms with Gasteiger partial charge in [0.05, 0.1) is 5.54 Å². The highest BCUT2D eigenvalue weighted by Gasteiger charge is 2.47. The summed E-state index contributed by atoms with van der Waals surface area (Å²) in [6, 6.07) is 24.4. The van der Waals surface area contributed by atoms with Crippen molar-refractivity contribution in [3.63, 3.8) is 0 Å². The average Bonchev–Trinajstić information content (AvgIpc) is 3.63. The molecule has 5 rings (SSSR count). The summed E-state index contributed by atoms with van der Waals surface area (Å²) in [6.07, 6.45) is 1.71. The highest BCUT2D eigenvalue weighted by atomic mass is 19.1. The molecule has 0 saturated heterocycles. The summed E-state index contributed by atoms with van der Waals surface area (Å²) in [5.74, 6) is 0.248. The van der Waals surface area contributed by atoms with Crippen molar-refractivity contribution < 1.29 is 13.9 Å². The summed E-state index contributed by atoms with van der Waals surface area (Å²) in [7, 11) is 0. The number of amides is 1. The number of rotatable bonds is 7. The number of nitrogens with two attached hydrogens (primary N) is 1. The van der Waals surface area contributed by atoms with Crippen LogP contribution in [0.1, 0.15) is 41.3 Å². The molecule has 4 aromatic rings. The van der Waals surface area contributed by atoms with Gasteiger partial charge in [-0.15, -0.1) is 0 Å². The minimum absolute atomic E-state index is 0.0926. The van der Waals surface area contributed by atoms with E-state index >= 15 is 0 Å². The fourth-order valence-corrected chi connectivity index (χ4v) is 4.55. The fourth-order valence-electron chi connectivity index (χ4n) is 4.55. The van der Waals surface area contributed by atoms with Gasteiger partial charge in [-0.2, -0.15) is 0 Å². The summed E-state index contributed by atoms with van der Waals surface area (Å²) < 4.78 is 19.3.